The Labute approximate surface area is 85.4 Å². The largest absolute Gasteiger partial charge is 0.261 e. The Hall–Kier alpha value is -1.48. The van der Waals surface area contributed by atoms with Gasteiger partial charge in [0.15, 0.2) is 0 Å². The second-order valence-electron chi connectivity index (χ2n) is 2.69. The highest BCUT2D eigenvalue weighted by Crippen LogP contribution is 2.27. The Balaban J connectivity index is 2.58. The molecule has 0 saturated heterocycles. The monoisotopic (exact) mass is 208 g/mol. The highest BCUT2D eigenvalue weighted by molar-refractivity contribution is 6.33. The van der Waals surface area contributed by atoms with Crippen LogP contribution in [0.5, 0.6) is 0 Å². The van der Waals surface area contributed by atoms with Crippen molar-refractivity contribution in [3.05, 3.63) is 47.6 Å². The lowest BCUT2D eigenvalue weighted by Crippen LogP contribution is -1.87. The number of nitrogens with zero attached hydrogens (tertiary/aromatic N) is 2. The molecule has 0 N–H and O–H groups in total. The van der Waals surface area contributed by atoms with Crippen LogP contribution in [0, 0.1) is 5.82 Å². The standard InChI is InChI=1S/C10H6ClFN2/c11-10-7(2-1-3-8(10)12)9-6-13-4-5-14-9/h1-6H. The van der Waals surface area contributed by atoms with Crippen LogP contribution in [0.25, 0.3) is 11.3 Å². The molecule has 0 radical (unpaired) electrons. The van der Waals surface area contributed by atoms with Gasteiger partial charge in [-0.25, -0.2) is 4.39 Å². The minimum Gasteiger partial charge on any atom is -0.261 e. The molecule has 2 aromatic rings. The van der Waals surface area contributed by atoms with Crippen LogP contribution in [0.4, 0.5) is 4.39 Å². The van der Waals surface area contributed by atoms with Gasteiger partial charge in [0.1, 0.15) is 5.82 Å². The van der Waals surface area contributed by atoms with E-state index in [1.54, 1.807) is 24.5 Å². The van der Waals surface area contributed by atoms with Crippen LogP contribution in [0.3, 0.4) is 0 Å². The maximum absolute atomic E-state index is 13.1. The second-order valence-corrected chi connectivity index (χ2v) is 3.07. The Bertz CT molecular complexity index is 445. The van der Waals surface area contributed by atoms with Crippen LogP contribution in [-0.4, -0.2) is 9.97 Å². The molecule has 0 aliphatic heterocycles. The van der Waals surface area contributed by atoms with Crippen LogP contribution in [0.2, 0.25) is 5.02 Å². The van der Waals surface area contributed by atoms with Gasteiger partial charge < -0.3 is 0 Å². The molecule has 1 aromatic carbocycles. The zero-order valence-corrected chi connectivity index (χ0v) is 7.87. The predicted molar refractivity (Wildman–Crippen MR) is 52.4 cm³/mol. The maximum Gasteiger partial charge on any atom is 0.142 e. The van der Waals surface area contributed by atoms with E-state index in [-0.39, 0.29) is 5.02 Å². The normalized spacial score (nSPS) is 10.1. The number of hydrogen-bond acceptors (Lipinski definition) is 2. The van der Waals surface area contributed by atoms with Gasteiger partial charge in [0.25, 0.3) is 0 Å². The second kappa shape index (κ2) is 3.72. The molecule has 0 aliphatic rings. The van der Waals surface area contributed by atoms with E-state index in [1.807, 2.05) is 0 Å². The first-order valence-corrected chi connectivity index (χ1v) is 4.37. The molecule has 0 spiro atoms. The van der Waals surface area contributed by atoms with Crippen molar-refractivity contribution in [2.24, 2.45) is 0 Å². The van der Waals surface area contributed by atoms with Gasteiger partial charge in [0, 0.05) is 18.0 Å². The topological polar surface area (TPSA) is 25.8 Å². The third-order valence-corrected chi connectivity index (χ3v) is 2.17. The van der Waals surface area contributed by atoms with Crippen molar-refractivity contribution in [2.45, 2.75) is 0 Å². The Kier molecular flexibility index (Phi) is 2.41. The van der Waals surface area contributed by atoms with E-state index in [1.165, 1.54) is 12.3 Å². The van der Waals surface area contributed by atoms with Gasteiger partial charge in [0.05, 0.1) is 16.9 Å². The van der Waals surface area contributed by atoms with E-state index in [4.69, 9.17) is 11.6 Å². The van der Waals surface area contributed by atoms with Crippen molar-refractivity contribution < 1.29 is 4.39 Å². The molecule has 0 bridgehead atoms. The summed E-state index contributed by atoms with van der Waals surface area (Å²) in [6.45, 7) is 0. The number of hydrogen-bond donors (Lipinski definition) is 0. The van der Waals surface area contributed by atoms with Crippen LogP contribution in [0.15, 0.2) is 36.8 Å². The predicted octanol–water partition coefficient (Wildman–Crippen LogP) is 2.94. The third-order valence-electron chi connectivity index (χ3n) is 1.79. The Morgan fingerprint density at radius 3 is 2.79 bits per heavy atom. The fraction of sp³-hybridized carbons (Fsp3) is 0. The van der Waals surface area contributed by atoms with E-state index < -0.39 is 5.82 Å². The summed E-state index contributed by atoms with van der Waals surface area (Å²) in [5.41, 5.74) is 1.12. The van der Waals surface area contributed by atoms with Crippen molar-refractivity contribution in [3.8, 4) is 11.3 Å². The minimum atomic E-state index is -0.449. The molecule has 2 nitrogen and oxygen atoms in total. The fourth-order valence-corrected chi connectivity index (χ4v) is 1.36. The zero-order valence-electron chi connectivity index (χ0n) is 7.11. The van der Waals surface area contributed by atoms with E-state index in [9.17, 15) is 4.39 Å². The number of halogens is 2. The summed E-state index contributed by atoms with van der Waals surface area (Å²) in [7, 11) is 0. The van der Waals surface area contributed by atoms with Gasteiger partial charge in [-0.05, 0) is 6.07 Å². The zero-order chi connectivity index (χ0) is 9.97. The average molecular weight is 209 g/mol. The summed E-state index contributed by atoms with van der Waals surface area (Å²) in [6.07, 6.45) is 4.63. The van der Waals surface area contributed by atoms with Crippen molar-refractivity contribution in [2.75, 3.05) is 0 Å². The first-order chi connectivity index (χ1) is 6.79. The van der Waals surface area contributed by atoms with Crippen molar-refractivity contribution in [1.82, 2.24) is 9.97 Å². The van der Waals surface area contributed by atoms with Crippen LogP contribution < -0.4 is 0 Å². The van der Waals surface area contributed by atoms with Gasteiger partial charge in [0.2, 0.25) is 0 Å². The smallest absolute Gasteiger partial charge is 0.142 e. The van der Waals surface area contributed by atoms with E-state index in [0.717, 1.165) is 0 Å². The number of rotatable bonds is 1. The quantitative estimate of drug-likeness (QED) is 0.720. The summed E-state index contributed by atoms with van der Waals surface area (Å²) in [5, 5.41) is 0.0769. The minimum absolute atomic E-state index is 0.0769. The molecule has 70 valence electrons. The molecule has 0 aliphatic carbocycles. The fourth-order valence-electron chi connectivity index (χ4n) is 1.14. The lowest BCUT2D eigenvalue weighted by Gasteiger charge is -2.02. The van der Waals surface area contributed by atoms with Gasteiger partial charge in [-0.3, -0.25) is 9.97 Å². The molecule has 14 heavy (non-hydrogen) atoms. The van der Waals surface area contributed by atoms with Crippen molar-refractivity contribution >= 4 is 11.6 Å². The highest BCUT2D eigenvalue weighted by Gasteiger charge is 2.08. The SMILES string of the molecule is Fc1cccc(-c2cnccn2)c1Cl. The molecular weight excluding hydrogens is 203 g/mol. The first kappa shape index (κ1) is 9.09. The molecule has 0 fully saturated rings. The number of aromatic nitrogens is 2. The summed E-state index contributed by atoms with van der Waals surface area (Å²) in [5.74, 6) is -0.449. The van der Waals surface area contributed by atoms with Crippen molar-refractivity contribution in [1.29, 1.82) is 0 Å². The first-order valence-electron chi connectivity index (χ1n) is 3.99. The summed E-state index contributed by atoms with van der Waals surface area (Å²) in [4.78, 5) is 7.93. The summed E-state index contributed by atoms with van der Waals surface area (Å²) >= 11 is 5.78. The molecule has 0 unspecified atom stereocenters. The van der Waals surface area contributed by atoms with Crippen LogP contribution in [-0.2, 0) is 0 Å². The van der Waals surface area contributed by atoms with Gasteiger partial charge in [-0.1, -0.05) is 23.7 Å². The van der Waals surface area contributed by atoms with Crippen LogP contribution in [0.1, 0.15) is 0 Å². The van der Waals surface area contributed by atoms with Crippen LogP contribution >= 0.6 is 11.6 Å². The average Bonchev–Trinajstić information content (AvgIpc) is 2.23. The van der Waals surface area contributed by atoms with E-state index >= 15 is 0 Å². The maximum atomic E-state index is 13.1. The van der Waals surface area contributed by atoms with Gasteiger partial charge in [-0.2, -0.15) is 0 Å². The third kappa shape index (κ3) is 1.59. The number of benzene rings is 1. The Morgan fingerprint density at radius 1 is 1.21 bits per heavy atom. The lowest BCUT2D eigenvalue weighted by molar-refractivity contribution is 0.628. The molecular formula is C10H6ClFN2. The molecule has 0 amide bonds. The molecule has 4 heteroatoms. The molecule has 0 saturated carbocycles. The summed E-state index contributed by atoms with van der Waals surface area (Å²) < 4.78 is 13.1. The van der Waals surface area contributed by atoms with E-state index in [2.05, 4.69) is 9.97 Å². The molecule has 2 rings (SSSR count). The lowest BCUT2D eigenvalue weighted by atomic mass is 10.1. The van der Waals surface area contributed by atoms with Crippen molar-refractivity contribution in [3.63, 3.8) is 0 Å². The molecule has 0 atom stereocenters. The van der Waals surface area contributed by atoms with Gasteiger partial charge >= 0.3 is 0 Å². The van der Waals surface area contributed by atoms with E-state index in [0.29, 0.717) is 11.3 Å². The molecule has 1 aromatic heterocycles. The Morgan fingerprint density at radius 2 is 2.07 bits per heavy atom. The van der Waals surface area contributed by atoms with Gasteiger partial charge in [-0.15, -0.1) is 0 Å². The molecule has 1 heterocycles. The summed E-state index contributed by atoms with van der Waals surface area (Å²) in [6, 6.07) is 4.60. The highest BCUT2D eigenvalue weighted by atomic mass is 35.5.